The van der Waals surface area contributed by atoms with E-state index in [1.807, 2.05) is 6.07 Å². The second-order valence-corrected chi connectivity index (χ2v) is 6.17. The highest BCUT2D eigenvalue weighted by atomic mass is 35.5. The number of aryl methyl sites for hydroxylation is 1. The molecule has 0 saturated heterocycles. The van der Waals surface area contributed by atoms with Gasteiger partial charge in [-0.05, 0) is 24.3 Å². The second-order valence-electron chi connectivity index (χ2n) is 4.03. The van der Waals surface area contributed by atoms with Crippen molar-refractivity contribution in [1.29, 1.82) is 5.26 Å². The molecule has 8 heteroatoms. The Morgan fingerprint density at radius 3 is 2.80 bits per heavy atom. The summed E-state index contributed by atoms with van der Waals surface area (Å²) in [4.78, 5) is -0.111. The van der Waals surface area contributed by atoms with Gasteiger partial charge >= 0.3 is 0 Å². The molecule has 2 rings (SSSR count). The molecule has 20 heavy (non-hydrogen) atoms. The number of hydrogen-bond acceptors (Lipinski definition) is 4. The highest BCUT2D eigenvalue weighted by Crippen LogP contribution is 2.22. The van der Waals surface area contributed by atoms with Crippen molar-refractivity contribution in [1.82, 2.24) is 14.5 Å². The van der Waals surface area contributed by atoms with Crippen LogP contribution in [0.1, 0.15) is 11.3 Å². The molecule has 0 aliphatic heterocycles. The number of nitriles is 1. The van der Waals surface area contributed by atoms with E-state index in [2.05, 4.69) is 9.82 Å². The van der Waals surface area contributed by atoms with E-state index in [0.717, 1.165) is 0 Å². The summed E-state index contributed by atoms with van der Waals surface area (Å²) in [6.07, 6.45) is 1.58. The number of hydrogen-bond donors (Lipinski definition) is 1. The van der Waals surface area contributed by atoms with E-state index in [0.29, 0.717) is 5.69 Å². The Balaban J connectivity index is 2.27. The predicted octanol–water partition coefficient (Wildman–Crippen LogP) is 1.42. The molecule has 0 atom stereocenters. The van der Waals surface area contributed by atoms with Gasteiger partial charge in [-0.25, -0.2) is 13.1 Å². The number of rotatable bonds is 4. The molecular formula is C12H11ClN4O2S. The lowest BCUT2D eigenvalue weighted by Gasteiger charge is -2.08. The zero-order chi connectivity index (χ0) is 14.8. The first-order valence-electron chi connectivity index (χ1n) is 5.60. The highest BCUT2D eigenvalue weighted by Gasteiger charge is 2.18. The molecule has 2 aromatic rings. The first-order chi connectivity index (χ1) is 9.44. The number of aromatic nitrogens is 2. The van der Waals surface area contributed by atoms with Gasteiger partial charge in [-0.2, -0.15) is 10.4 Å². The average Bonchev–Trinajstić information content (AvgIpc) is 2.82. The lowest BCUT2D eigenvalue weighted by Crippen LogP contribution is -2.24. The first kappa shape index (κ1) is 14.5. The summed E-state index contributed by atoms with van der Waals surface area (Å²) in [6.45, 7) is 0.0892. The summed E-state index contributed by atoms with van der Waals surface area (Å²) >= 11 is 5.88. The third-order valence-corrected chi connectivity index (χ3v) is 4.60. The zero-order valence-electron chi connectivity index (χ0n) is 10.5. The minimum atomic E-state index is -3.79. The minimum absolute atomic E-state index is 0.0708. The first-order valence-corrected chi connectivity index (χ1v) is 7.46. The van der Waals surface area contributed by atoms with E-state index in [4.69, 9.17) is 16.9 Å². The van der Waals surface area contributed by atoms with E-state index < -0.39 is 10.0 Å². The summed E-state index contributed by atoms with van der Waals surface area (Å²) in [5.74, 6) is 0. The molecule has 1 aromatic carbocycles. The van der Waals surface area contributed by atoms with Crippen LogP contribution >= 0.6 is 11.6 Å². The Morgan fingerprint density at radius 1 is 1.45 bits per heavy atom. The maximum absolute atomic E-state index is 12.2. The van der Waals surface area contributed by atoms with E-state index in [9.17, 15) is 8.42 Å². The Morgan fingerprint density at radius 2 is 2.20 bits per heavy atom. The predicted molar refractivity (Wildman–Crippen MR) is 73.4 cm³/mol. The molecule has 0 saturated carbocycles. The van der Waals surface area contributed by atoms with E-state index in [1.54, 1.807) is 24.0 Å². The van der Waals surface area contributed by atoms with Gasteiger partial charge in [0.1, 0.15) is 4.90 Å². The van der Waals surface area contributed by atoms with Crippen molar-refractivity contribution in [3.8, 4) is 6.07 Å². The van der Waals surface area contributed by atoms with Crippen LogP contribution in [-0.4, -0.2) is 18.2 Å². The van der Waals surface area contributed by atoms with Gasteiger partial charge in [0.15, 0.2) is 0 Å². The van der Waals surface area contributed by atoms with Crippen molar-refractivity contribution in [2.24, 2.45) is 7.05 Å². The number of halogens is 1. The van der Waals surface area contributed by atoms with Gasteiger partial charge in [-0.3, -0.25) is 4.68 Å². The topological polar surface area (TPSA) is 87.8 Å². The molecule has 6 nitrogen and oxygen atoms in total. The summed E-state index contributed by atoms with van der Waals surface area (Å²) in [6, 6.07) is 7.68. The maximum Gasteiger partial charge on any atom is 0.242 e. The number of nitrogens with one attached hydrogen (secondary N) is 1. The van der Waals surface area contributed by atoms with Crippen LogP contribution in [0.25, 0.3) is 0 Å². The maximum atomic E-state index is 12.2. The lowest BCUT2D eigenvalue weighted by molar-refractivity contribution is 0.577. The number of benzene rings is 1. The molecule has 0 unspecified atom stereocenters. The van der Waals surface area contributed by atoms with Gasteiger partial charge in [0, 0.05) is 13.2 Å². The Hall–Kier alpha value is -1.88. The Labute approximate surface area is 121 Å². The largest absolute Gasteiger partial charge is 0.271 e. The fourth-order valence-corrected chi connectivity index (χ4v) is 3.12. The van der Waals surface area contributed by atoms with Crippen molar-refractivity contribution in [3.05, 3.63) is 46.7 Å². The molecule has 0 aliphatic rings. The van der Waals surface area contributed by atoms with Crippen LogP contribution in [0.15, 0.2) is 35.4 Å². The molecule has 0 amide bonds. The van der Waals surface area contributed by atoms with Crippen LogP contribution in [0.5, 0.6) is 0 Å². The molecule has 1 N–H and O–H groups in total. The van der Waals surface area contributed by atoms with Crippen LogP contribution in [-0.2, 0) is 23.6 Å². The normalized spacial score (nSPS) is 11.2. The molecule has 0 radical (unpaired) electrons. The van der Waals surface area contributed by atoms with Crippen molar-refractivity contribution in [2.75, 3.05) is 0 Å². The van der Waals surface area contributed by atoms with Crippen LogP contribution in [0.3, 0.4) is 0 Å². The van der Waals surface area contributed by atoms with Gasteiger partial charge in [-0.1, -0.05) is 11.6 Å². The third-order valence-electron chi connectivity index (χ3n) is 2.72. The van der Waals surface area contributed by atoms with Crippen molar-refractivity contribution >= 4 is 21.6 Å². The highest BCUT2D eigenvalue weighted by molar-refractivity contribution is 7.89. The van der Waals surface area contributed by atoms with Gasteiger partial charge in [0.05, 0.1) is 28.9 Å². The summed E-state index contributed by atoms with van der Waals surface area (Å²) in [7, 11) is -2.08. The van der Waals surface area contributed by atoms with Crippen molar-refractivity contribution < 1.29 is 8.42 Å². The summed E-state index contributed by atoms with van der Waals surface area (Å²) < 4.78 is 28.4. The number of sulfonamides is 1. The van der Waals surface area contributed by atoms with Crippen LogP contribution in [0.4, 0.5) is 0 Å². The third kappa shape index (κ3) is 2.99. The van der Waals surface area contributed by atoms with Crippen LogP contribution in [0.2, 0.25) is 5.02 Å². The van der Waals surface area contributed by atoms with E-state index >= 15 is 0 Å². The Bertz CT molecular complexity index is 777. The second kappa shape index (κ2) is 5.63. The summed E-state index contributed by atoms with van der Waals surface area (Å²) in [5, 5.41) is 12.8. The molecule has 1 heterocycles. The minimum Gasteiger partial charge on any atom is -0.271 e. The van der Waals surface area contributed by atoms with E-state index in [1.165, 1.54) is 18.2 Å². The molecular weight excluding hydrogens is 300 g/mol. The quantitative estimate of drug-likeness (QED) is 0.925. The molecule has 0 fully saturated rings. The van der Waals surface area contributed by atoms with Gasteiger partial charge in [0.2, 0.25) is 10.0 Å². The van der Waals surface area contributed by atoms with Crippen LogP contribution < -0.4 is 4.72 Å². The lowest BCUT2D eigenvalue weighted by atomic mass is 10.2. The van der Waals surface area contributed by atoms with Crippen molar-refractivity contribution in [3.63, 3.8) is 0 Å². The fraction of sp³-hybridized carbons (Fsp3) is 0.167. The molecule has 0 aliphatic carbocycles. The molecule has 1 aromatic heterocycles. The number of nitrogens with zero attached hydrogens (tertiary/aromatic N) is 3. The zero-order valence-corrected chi connectivity index (χ0v) is 12.1. The molecule has 0 bridgehead atoms. The van der Waals surface area contributed by atoms with Gasteiger partial charge in [-0.15, -0.1) is 0 Å². The average molecular weight is 311 g/mol. The van der Waals surface area contributed by atoms with E-state index in [-0.39, 0.29) is 22.0 Å². The smallest absolute Gasteiger partial charge is 0.242 e. The SMILES string of the molecule is Cn1nccc1CNS(=O)(=O)c1cc(C#N)ccc1Cl. The van der Waals surface area contributed by atoms with Gasteiger partial charge < -0.3 is 0 Å². The summed E-state index contributed by atoms with van der Waals surface area (Å²) in [5.41, 5.74) is 0.941. The Kier molecular flexibility index (Phi) is 4.09. The van der Waals surface area contributed by atoms with Crippen molar-refractivity contribution in [2.45, 2.75) is 11.4 Å². The molecule has 0 spiro atoms. The monoisotopic (exact) mass is 310 g/mol. The molecule has 104 valence electrons. The van der Waals surface area contributed by atoms with Gasteiger partial charge in [0.25, 0.3) is 0 Å². The van der Waals surface area contributed by atoms with Crippen LogP contribution in [0, 0.1) is 11.3 Å². The standard InChI is InChI=1S/C12H11ClN4O2S/c1-17-10(4-5-15-17)8-16-20(18,19)12-6-9(7-14)2-3-11(12)13/h2-6,16H,8H2,1H3. The fourth-order valence-electron chi connectivity index (χ4n) is 1.60.